The number of carbonyl (C=O) groups excluding carboxylic acids is 1. The maximum absolute atomic E-state index is 15.4. The zero-order valence-electron chi connectivity index (χ0n) is 22.5. The van der Waals surface area contributed by atoms with E-state index in [2.05, 4.69) is 17.2 Å². The van der Waals surface area contributed by atoms with Gasteiger partial charge in [-0.3, -0.25) is 4.79 Å². The average molecular weight is 586 g/mol. The summed E-state index contributed by atoms with van der Waals surface area (Å²) in [6.07, 6.45) is -5.20. The minimum atomic E-state index is -4.98. The van der Waals surface area contributed by atoms with Gasteiger partial charge in [-0.2, -0.15) is 13.2 Å². The Bertz CT molecular complexity index is 1550. The molecule has 1 saturated carbocycles. The number of carbonyl (C=O) groups is 1. The van der Waals surface area contributed by atoms with Gasteiger partial charge in [0.05, 0.1) is 0 Å². The van der Waals surface area contributed by atoms with Crippen LogP contribution in [-0.2, 0) is 20.5 Å². The van der Waals surface area contributed by atoms with Crippen LogP contribution < -0.4 is 5.32 Å². The number of anilines is 1. The molecule has 1 heterocycles. The third kappa shape index (κ3) is 5.08. The van der Waals surface area contributed by atoms with Crippen molar-refractivity contribution in [3.63, 3.8) is 0 Å². The lowest BCUT2D eigenvalue weighted by molar-refractivity contribution is -0.269. The molecule has 2 aliphatic rings. The first-order chi connectivity index (χ1) is 20.2. The molecule has 2 atom stereocenters. The number of amides is 1. The Labute approximate surface area is 247 Å². The van der Waals surface area contributed by atoms with Gasteiger partial charge in [0, 0.05) is 34.0 Å². The van der Waals surface area contributed by atoms with Gasteiger partial charge in [-0.15, -0.1) is 0 Å². The molecule has 1 aliphatic carbocycles. The van der Waals surface area contributed by atoms with Crippen molar-refractivity contribution in [3.8, 4) is 11.8 Å². The van der Waals surface area contributed by atoms with Crippen molar-refractivity contribution >= 4 is 23.2 Å². The first-order valence-electron chi connectivity index (χ1n) is 13.8. The molecule has 4 aromatic carbocycles. The number of alkyl halides is 3. The molecule has 1 aliphatic heterocycles. The molecule has 0 unspecified atom stereocenters. The molecule has 7 heteroatoms. The SMILES string of the molecule is O=C1Nc2ccc(Cl)cc2[C@@](C#CC2CC2)(C(F)(F)F)O[C@H]1CC(c1ccccc1)(c1ccccc1)c1ccccc1. The van der Waals surface area contributed by atoms with E-state index in [1.807, 2.05) is 91.0 Å². The highest BCUT2D eigenvalue weighted by Crippen LogP contribution is 2.51. The first kappa shape index (κ1) is 28.1. The monoisotopic (exact) mass is 585 g/mol. The quantitative estimate of drug-likeness (QED) is 0.189. The number of nitrogens with one attached hydrogen (secondary N) is 1. The van der Waals surface area contributed by atoms with Gasteiger partial charge in [0.25, 0.3) is 11.5 Å². The number of halogens is 4. The number of fused-ring (bicyclic) bond motifs is 1. The van der Waals surface area contributed by atoms with Gasteiger partial charge in [0.15, 0.2) is 0 Å². The van der Waals surface area contributed by atoms with Crippen molar-refractivity contribution in [3.05, 3.63) is 136 Å². The second-order valence-corrected chi connectivity index (χ2v) is 11.2. The Hall–Kier alpha value is -4.05. The lowest BCUT2D eigenvalue weighted by Crippen LogP contribution is -2.49. The molecule has 4 aromatic rings. The minimum absolute atomic E-state index is 0.0287. The molecule has 0 spiro atoms. The van der Waals surface area contributed by atoms with Gasteiger partial charge in [0.1, 0.15) is 6.10 Å². The molecular formula is C35H27ClF3NO2. The molecule has 1 fully saturated rings. The number of ether oxygens (including phenoxy) is 1. The molecule has 0 aromatic heterocycles. The van der Waals surface area contributed by atoms with Gasteiger partial charge in [-0.1, -0.05) is 114 Å². The Balaban J connectivity index is 1.58. The van der Waals surface area contributed by atoms with Crippen LogP contribution in [0.25, 0.3) is 0 Å². The summed E-state index contributed by atoms with van der Waals surface area (Å²) < 4.78 is 52.1. The molecule has 1 N–H and O–H groups in total. The fourth-order valence-corrected chi connectivity index (χ4v) is 5.89. The largest absolute Gasteiger partial charge is 0.433 e. The third-order valence-corrected chi connectivity index (χ3v) is 8.19. The molecule has 0 saturated heterocycles. The fraction of sp³-hybridized carbons (Fsp3) is 0.229. The van der Waals surface area contributed by atoms with Gasteiger partial charge in [-0.05, 0) is 47.7 Å². The Kier molecular flexibility index (Phi) is 7.34. The van der Waals surface area contributed by atoms with Gasteiger partial charge in [-0.25, -0.2) is 0 Å². The van der Waals surface area contributed by atoms with Crippen LogP contribution in [0.4, 0.5) is 18.9 Å². The Morgan fingerprint density at radius 1 is 0.833 bits per heavy atom. The topological polar surface area (TPSA) is 38.3 Å². The summed E-state index contributed by atoms with van der Waals surface area (Å²) in [6.45, 7) is 0. The molecule has 3 nitrogen and oxygen atoms in total. The van der Waals surface area contributed by atoms with Crippen molar-refractivity contribution in [2.24, 2.45) is 5.92 Å². The Morgan fingerprint density at radius 2 is 1.36 bits per heavy atom. The summed E-state index contributed by atoms with van der Waals surface area (Å²) in [5, 5.41) is 2.80. The van der Waals surface area contributed by atoms with Crippen LogP contribution in [0.5, 0.6) is 0 Å². The number of hydrogen-bond donors (Lipinski definition) is 1. The van der Waals surface area contributed by atoms with Crippen LogP contribution in [0.2, 0.25) is 5.02 Å². The molecule has 0 bridgehead atoms. The highest BCUT2D eigenvalue weighted by atomic mass is 35.5. The molecule has 6 rings (SSSR count). The second kappa shape index (κ2) is 11.0. The standard InChI is InChI=1S/C35H27ClF3NO2/c36-28-18-19-30-29(22-28)34(35(37,38)39,21-20-24-16-17-24)42-31(32(41)40-30)23-33(25-10-4-1-5-11-25,26-12-6-2-7-13-26)27-14-8-3-9-15-27/h1-15,18-19,22,24,31H,16-17,23H2,(H,40,41)/t31-,34-/m0/s1. The van der Waals surface area contributed by atoms with Crippen LogP contribution in [0.15, 0.2) is 109 Å². The van der Waals surface area contributed by atoms with Gasteiger partial charge >= 0.3 is 6.18 Å². The lowest BCUT2D eigenvalue weighted by atomic mass is 9.66. The van der Waals surface area contributed by atoms with E-state index >= 15 is 13.2 Å². The van der Waals surface area contributed by atoms with Gasteiger partial charge in [0.2, 0.25) is 0 Å². The second-order valence-electron chi connectivity index (χ2n) is 10.7. The predicted octanol–water partition coefficient (Wildman–Crippen LogP) is 8.27. The number of rotatable bonds is 5. The van der Waals surface area contributed by atoms with E-state index in [1.54, 1.807) is 0 Å². The maximum atomic E-state index is 15.4. The zero-order chi connectivity index (χ0) is 29.4. The average Bonchev–Trinajstić information content (AvgIpc) is 3.84. The highest BCUT2D eigenvalue weighted by Gasteiger charge is 2.61. The summed E-state index contributed by atoms with van der Waals surface area (Å²) in [7, 11) is 0. The van der Waals surface area contributed by atoms with Crippen LogP contribution in [0.3, 0.4) is 0 Å². The van der Waals surface area contributed by atoms with Crippen molar-refractivity contribution in [2.45, 2.75) is 42.6 Å². The Morgan fingerprint density at radius 3 is 1.83 bits per heavy atom. The van der Waals surface area contributed by atoms with E-state index in [9.17, 15) is 4.79 Å². The summed E-state index contributed by atoms with van der Waals surface area (Å²) in [5.74, 6) is 4.42. The fourth-order valence-electron chi connectivity index (χ4n) is 5.71. The van der Waals surface area contributed by atoms with Crippen molar-refractivity contribution in [1.29, 1.82) is 0 Å². The third-order valence-electron chi connectivity index (χ3n) is 7.95. The van der Waals surface area contributed by atoms with E-state index < -0.39 is 29.2 Å². The van der Waals surface area contributed by atoms with Crippen LogP contribution >= 0.6 is 11.6 Å². The highest BCUT2D eigenvalue weighted by molar-refractivity contribution is 6.30. The van der Waals surface area contributed by atoms with Crippen LogP contribution in [0, 0.1) is 17.8 Å². The molecule has 0 radical (unpaired) electrons. The van der Waals surface area contributed by atoms with E-state index in [4.69, 9.17) is 16.3 Å². The minimum Gasteiger partial charge on any atom is -0.337 e. The summed E-state index contributed by atoms with van der Waals surface area (Å²) in [6, 6.07) is 32.4. The predicted molar refractivity (Wildman–Crippen MR) is 157 cm³/mol. The summed E-state index contributed by atoms with van der Waals surface area (Å²) in [4.78, 5) is 13.9. The smallest absolute Gasteiger partial charge is 0.337 e. The zero-order valence-corrected chi connectivity index (χ0v) is 23.3. The van der Waals surface area contributed by atoms with Crippen molar-refractivity contribution in [2.75, 3.05) is 5.32 Å². The van der Waals surface area contributed by atoms with Crippen LogP contribution in [0.1, 0.15) is 41.5 Å². The molecule has 1 amide bonds. The molecule has 212 valence electrons. The number of hydrogen-bond acceptors (Lipinski definition) is 2. The van der Waals surface area contributed by atoms with E-state index in [1.165, 1.54) is 18.2 Å². The van der Waals surface area contributed by atoms with E-state index in [0.717, 1.165) is 29.5 Å². The molecular weight excluding hydrogens is 559 g/mol. The first-order valence-corrected chi connectivity index (χ1v) is 14.2. The normalized spacial score (nSPS) is 20.5. The lowest BCUT2D eigenvalue weighted by Gasteiger charge is -2.40. The molecule has 42 heavy (non-hydrogen) atoms. The summed E-state index contributed by atoms with van der Waals surface area (Å²) >= 11 is 6.22. The van der Waals surface area contributed by atoms with Crippen molar-refractivity contribution < 1.29 is 22.7 Å². The van der Waals surface area contributed by atoms with E-state index in [-0.39, 0.29) is 28.6 Å². The maximum Gasteiger partial charge on any atom is 0.433 e. The van der Waals surface area contributed by atoms with Crippen LogP contribution in [-0.4, -0.2) is 18.2 Å². The summed E-state index contributed by atoms with van der Waals surface area (Å²) in [5.41, 5.74) is -2.03. The van der Waals surface area contributed by atoms with Crippen molar-refractivity contribution in [1.82, 2.24) is 0 Å². The van der Waals surface area contributed by atoms with E-state index in [0.29, 0.717) is 0 Å². The number of benzene rings is 4. The van der Waals surface area contributed by atoms with Gasteiger partial charge < -0.3 is 10.1 Å².